The van der Waals surface area contributed by atoms with E-state index in [1.807, 2.05) is 4.72 Å². The van der Waals surface area contributed by atoms with Gasteiger partial charge < -0.3 is 4.74 Å². The number of methoxy groups -OCH3 is 1. The van der Waals surface area contributed by atoms with Crippen LogP contribution in [0.15, 0.2) is 6.07 Å². The van der Waals surface area contributed by atoms with Gasteiger partial charge in [0.1, 0.15) is 17.3 Å². The lowest BCUT2D eigenvalue weighted by molar-refractivity contribution is 0.111. The van der Waals surface area contributed by atoms with E-state index < -0.39 is 32.9 Å². The molecule has 0 aliphatic heterocycles. The lowest BCUT2D eigenvalue weighted by atomic mass is 10.2. The van der Waals surface area contributed by atoms with E-state index in [0.29, 0.717) is 0 Å². The van der Waals surface area contributed by atoms with Crippen molar-refractivity contribution in [2.75, 3.05) is 18.1 Å². The first-order chi connectivity index (χ1) is 7.80. The normalized spacial score (nSPS) is 11.1. The summed E-state index contributed by atoms with van der Waals surface area (Å²) >= 11 is 0. The Morgan fingerprint density at radius 1 is 1.41 bits per heavy atom. The summed E-state index contributed by atoms with van der Waals surface area (Å²) in [4.78, 5) is 10.5. The van der Waals surface area contributed by atoms with Crippen molar-refractivity contribution >= 4 is 22.0 Å². The second-order valence-corrected chi connectivity index (χ2v) is 4.90. The van der Waals surface area contributed by atoms with E-state index in [1.54, 1.807) is 0 Å². The molecule has 0 saturated carbocycles. The zero-order chi connectivity index (χ0) is 13.2. The van der Waals surface area contributed by atoms with Gasteiger partial charge in [-0.3, -0.25) is 9.52 Å². The van der Waals surface area contributed by atoms with Gasteiger partial charge in [-0.15, -0.1) is 0 Å². The number of halogens is 2. The fraction of sp³-hybridized carbons (Fsp3) is 0.222. The summed E-state index contributed by atoms with van der Waals surface area (Å²) in [6, 6.07) is 0.723. The molecular weight excluding hydrogens is 256 g/mol. The molecule has 17 heavy (non-hydrogen) atoms. The number of ether oxygens (including phenoxy) is 1. The van der Waals surface area contributed by atoms with E-state index in [9.17, 15) is 22.0 Å². The molecule has 0 unspecified atom stereocenters. The quantitative estimate of drug-likeness (QED) is 0.829. The number of anilines is 1. The number of benzene rings is 1. The van der Waals surface area contributed by atoms with Crippen molar-refractivity contribution in [2.45, 2.75) is 0 Å². The van der Waals surface area contributed by atoms with Crippen LogP contribution in [0.25, 0.3) is 0 Å². The van der Waals surface area contributed by atoms with Crippen LogP contribution in [0.1, 0.15) is 10.4 Å². The van der Waals surface area contributed by atoms with Crippen molar-refractivity contribution < 1.29 is 26.7 Å². The molecule has 0 spiro atoms. The highest BCUT2D eigenvalue weighted by Gasteiger charge is 2.21. The second-order valence-electron chi connectivity index (χ2n) is 3.16. The minimum Gasteiger partial charge on any atom is -0.494 e. The standard InChI is InChI=1S/C9H9F2NO4S/c1-16-7-3-6(10)5(4-13)8(11)9(7)12-17(2,14)15/h3-4,12H,1-2H3. The highest BCUT2D eigenvalue weighted by atomic mass is 32.2. The van der Waals surface area contributed by atoms with Crippen LogP contribution in [-0.4, -0.2) is 28.1 Å². The molecule has 0 amide bonds. The maximum absolute atomic E-state index is 13.6. The Morgan fingerprint density at radius 2 is 2.00 bits per heavy atom. The Morgan fingerprint density at radius 3 is 2.41 bits per heavy atom. The molecule has 1 rings (SSSR count). The minimum absolute atomic E-state index is 0.0441. The highest BCUT2D eigenvalue weighted by molar-refractivity contribution is 7.92. The zero-order valence-electron chi connectivity index (χ0n) is 8.95. The van der Waals surface area contributed by atoms with Gasteiger partial charge in [0.2, 0.25) is 10.0 Å². The van der Waals surface area contributed by atoms with Crippen LogP contribution in [0, 0.1) is 11.6 Å². The van der Waals surface area contributed by atoms with Gasteiger partial charge in [-0.2, -0.15) is 0 Å². The predicted octanol–water partition coefficient (Wildman–Crippen LogP) is 1.16. The van der Waals surface area contributed by atoms with Crippen LogP contribution in [0.4, 0.5) is 14.5 Å². The van der Waals surface area contributed by atoms with Crippen molar-refractivity contribution in [3.8, 4) is 5.75 Å². The SMILES string of the molecule is COc1cc(F)c(C=O)c(F)c1NS(C)(=O)=O. The number of sulfonamides is 1. The molecule has 0 saturated heterocycles. The van der Waals surface area contributed by atoms with E-state index in [2.05, 4.69) is 4.74 Å². The number of hydrogen-bond donors (Lipinski definition) is 1. The van der Waals surface area contributed by atoms with E-state index in [1.165, 1.54) is 0 Å². The third kappa shape index (κ3) is 2.90. The third-order valence-corrected chi connectivity index (χ3v) is 2.42. The molecule has 0 aliphatic carbocycles. The van der Waals surface area contributed by atoms with E-state index in [-0.39, 0.29) is 12.0 Å². The fourth-order valence-corrected chi connectivity index (χ4v) is 1.72. The fourth-order valence-electron chi connectivity index (χ4n) is 1.16. The molecule has 1 N–H and O–H groups in total. The van der Waals surface area contributed by atoms with Crippen LogP contribution in [0.3, 0.4) is 0 Å². The largest absolute Gasteiger partial charge is 0.494 e. The van der Waals surface area contributed by atoms with Gasteiger partial charge in [0.15, 0.2) is 12.1 Å². The first kappa shape index (κ1) is 13.4. The summed E-state index contributed by atoms with van der Waals surface area (Å²) in [7, 11) is -2.67. The molecule has 8 heteroatoms. The van der Waals surface area contributed by atoms with Gasteiger partial charge in [-0.05, 0) is 0 Å². The molecule has 0 atom stereocenters. The molecule has 0 aliphatic rings. The molecule has 0 aromatic heterocycles. The van der Waals surface area contributed by atoms with Crippen molar-refractivity contribution in [3.05, 3.63) is 23.3 Å². The number of hydrogen-bond acceptors (Lipinski definition) is 4. The van der Waals surface area contributed by atoms with Crippen molar-refractivity contribution in [3.63, 3.8) is 0 Å². The number of rotatable bonds is 4. The zero-order valence-corrected chi connectivity index (χ0v) is 9.77. The Balaban J connectivity index is 3.50. The maximum atomic E-state index is 13.6. The summed E-state index contributed by atoms with van der Waals surface area (Å²) in [6.45, 7) is 0. The number of carbonyl (C=O) groups excluding carboxylic acids is 1. The Hall–Kier alpha value is -1.70. The van der Waals surface area contributed by atoms with Gasteiger partial charge in [-0.1, -0.05) is 0 Å². The molecule has 0 heterocycles. The number of nitrogens with one attached hydrogen (secondary N) is 1. The van der Waals surface area contributed by atoms with E-state index in [4.69, 9.17) is 0 Å². The molecule has 1 aromatic carbocycles. The third-order valence-electron chi connectivity index (χ3n) is 1.84. The first-order valence-corrected chi connectivity index (χ1v) is 6.18. The Bertz CT molecular complexity index is 557. The minimum atomic E-state index is -3.78. The average Bonchev–Trinajstić information content (AvgIpc) is 2.21. The van der Waals surface area contributed by atoms with Gasteiger partial charge in [0.25, 0.3) is 0 Å². The molecular formula is C9H9F2NO4S. The molecule has 0 radical (unpaired) electrons. The number of carbonyl (C=O) groups is 1. The van der Waals surface area contributed by atoms with Crippen LogP contribution >= 0.6 is 0 Å². The topological polar surface area (TPSA) is 72.5 Å². The number of aldehydes is 1. The molecule has 0 bridgehead atoms. The van der Waals surface area contributed by atoms with Gasteiger partial charge in [0.05, 0.1) is 18.9 Å². The molecule has 5 nitrogen and oxygen atoms in total. The Labute approximate surface area is 96.4 Å². The summed E-state index contributed by atoms with van der Waals surface area (Å²) in [5, 5.41) is 0. The van der Waals surface area contributed by atoms with Gasteiger partial charge >= 0.3 is 0 Å². The van der Waals surface area contributed by atoms with E-state index >= 15 is 0 Å². The van der Waals surface area contributed by atoms with Crippen LogP contribution in [0.2, 0.25) is 0 Å². The highest BCUT2D eigenvalue weighted by Crippen LogP contribution is 2.31. The molecule has 94 valence electrons. The summed E-state index contributed by atoms with van der Waals surface area (Å²) in [6.07, 6.45) is 0.743. The average molecular weight is 265 g/mol. The van der Waals surface area contributed by atoms with Gasteiger partial charge in [-0.25, -0.2) is 17.2 Å². The molecule has 1 aromatic rings. The van der Waals surface area contributed by atoms with Crippen molar-refractivity contribution in [2.24, 2.45) is 0 Å². The van der Waals surface area contributed by atoms with Crippen LogP contribution in [0.5, 0.6) is 5.75 Å². The summed E-state index contributed by atoms with van der Waals surface area (Å²) in [5.41, 5.74) is -1.46. The van der Waals surface area contributed by atoms with Crippen molar-refractivity contribution in [1.29, 1.82) is 0 Å². The maximum Gasteiger partial charge on any atom is 0.230 e. The lowest BCUT2D eigenvalue weighted by Gasteiger charge is -2.12. The Kier molecular flexibility index (Phi) is 3.66. The second kappa shape index (κ2) is 4.66. The first-order valence-electron chi connectivity index (χ1n) is 4.29. The van der Waals surface area contributed by atoms with Crippen molar-refractivity contribution in [1.82, 2.24) is 0 Å². The van der Waals surface area contributed by atoms with Crippen LogP contribution < -0.4 is 9.46 Å². The lowest BCUT2D eigenvalue weighted by Crippen LogP contribution is -2.13. The molecule has 0 fully saturated rings. The smallest absolute Gasteiger partial charge is 0.230 e. The van der Waals surface area contributed by atoms with Gasteiger partial charge in [0, 0.05) is 6.07 Å². The monoisotopic (exact) mass is 265 g/mol. The summed E-state index contributed by atoms with van der Waals surface area (Å²) < 4.78 is 55.2. The van der Waals surface area contributed by atoms with E-state index in [0.717, 1.165) is 19.4 Å². The van der Waals surface area contributed by atoms with Crippen LogP contribution in [-0.2, 0) is 10.0 Å². The predicted molar refractivity (Wildman–Crippen MR) is 56.8 cm³/mol. The summed E-state index contributed by atoms with van der Waals surface area (Å²) in [5.74, 6) is -2.80.